The van der Waals surface area contributed by atoms with Crippen molar-refractivity contribution in [2.45, 2.75) is 13.1 Å². The van der Waals surface area contributed by atoms with Crippen LogP contribution in [-0.2, 0) is 13.1 Å². The van der Waals surface area contributed by atoms with Gasteiger partial charge in [-0.3, -0.25) is 20.1 Å². The fourth-order valence-electron chi connectivity index (χ4n) is 5.25. The predicted molar refractivity (Wildman–Crippen MR) is 168 cm³/mol. The standard InChI is InChI=1S/C17H12N2O4.C17H14N2O2/c20-19(21)13-3-4-14-12(8-13)9-18-15(14)5-1-11-2-6-16-17(7-11)23-10-22-16;18-13-3-4-14-12(8-13)9-19-15(14)5-1-11-2-6-16-17(7-11)21-10-20-16/h1-8H,9-10H2;1-8H,9-10,18H2/b2*5-1+. The molecule has 218 valence electrons. The van der Waals surface area contributed by atoms with Crippen LogP contribution in [0.1, 0.15) is 33.4 Å². The number of hydrogen-bond acceptors (Lipinski definition) is 9. The highest BCUT2D eigenvalue weighted by Crippen LogP contribution is 2.34. The van der Waals surface area contributed by atoms with Gasteiger partial charge in [-0.1, -0.05) is 30.4 Å². The maximum absolute atomic E-state index is 10.8. The van der Waals surface area contributed by atoms with Gasteiger partial charge in [0.15, 0.2) is 23.0 Å². The van der Waals surface area contributed by atoms with Crippen molar-refractivity contribution in [1.29, 1.82) is 0 Å². The summed E-state index contributed by atoms with van der Waals surface area (Å²) in [6, 6.07) is 22.4. The molecule has 0 unspecified atom stereocenters. The van der Waals surface area contributed by atoms with Crippen molar-refractivity contribution in [3.63, 3.8) is 0 Å². The molecule has 0 atom stereocenters. The lowest BCUT2D eigenvalue weighted by Crippen LogP contribution is -1.96. The molecule has 2 N–H and O–H groups in total. The second-order valence-corrected chi connectivity index (χ2v) is 10.3. The van der Waals surface area contributed by atoms with Gasteiger partial charge in [-0.05, 0) is 76.9 Å². The largest absolute Gasteiger partial charge is 0.454 e. The molecule has 0 radical (unpaired) electrons. The Morgan fingerprint density at radius 3 is 1.73 bits per heavy atom. The minimum atomic E-state index is -0.388. The van der Waals surface area contributed by atoms with E-state index in [0.29, 0.717) is 19.9 Å². The van der Waals surface area contributed by atoms with Gasteiger partial charge in [-0.15, -0.1) is 0 Å². The van der Waals surface area contributed by atoms with Gasteiger partial charge in [0, 0.05) is 28.9 Å². The molecule has 0 spiro atoms. The number of non-ortho nitro benzene ring substituents is 1. The molecule has 10 nitrogen and oxygen atoms in total. The Bertz CT molecular complexity index is 1930. The zero-order chi connectivity index (χ0) is 30.0. The number of nitrogens with two attached hydrogens (primary N) is 1. The molecule has 10 heteroatoms. The number of benzene rings is 4. The summed E-state index contributed by atoms with van der Waals surface area (Å²) in [5.74, 6) is 3.07. The Balaban J connectivity index is 0.000000143. The van der Waals surface area contributed by atoms with E-state index in [1.807, 2.05) is 78.9 Å². The SMILES string of the molecule is Nc1ccc2c(c1)CN=C2/C=C/c1ccc2c(c1)OCO2.O=[N+]([O-])c1ccc2c(c1)CN=C2/C=C/c1ccc2c(c1)OCO2. The van der Waals surface area contributed by atoms with E-state index in [1.54, 1.807) is 12.1 Å². The first-order valence-corrected chi connectivity index (χ1v) is 13.9. The van der Waals surface area contributed by atoms with Crippen LogP contribution in [0.4, 0.5) is 11.4 Å². The van der Waals surface area contributed by atoms with Crippen molar-refractivity contribution in [1.82, 2.24) is 0 Å². The summed E-state index contributed by atoms with van der Waals surface area (Å²) in [6.45, 7) is 1.71. The van der Waals surface area contributed by atoms with Crippen molar-refractivity contribution in [3.8, 4) is 23.0 Å². The number of anilines is 1. The zero-order valence-corrected chi connectivity index (χ0v) is 23.4. The molecule has 0 saturated carbocycles. The van der Waals surface area contributed by atoms with E-state index < -0.39 is 0 Å². The first-order chi connectivity index (χ1) is 21.5. The molecular weight excluding hydrogens is 560 g/mol. The van der Waals surface area contributed by atoms with E-state index >= 15 is 0 Å². The maximum Gasteiger partial charge on any atom is 0.269 e. The van der Waals surface area contributed by atoms with Gasteiger partial charge in [0.2, 0.25) is 13.6 Å². The van der Waals surface area contributed by atoms with Gasteiger partial charge in [0.05, 0.1) is 29.4 Å². The third-order valence-corrected chi connectivity index (χ3v) is 7.48. The molecule has 0 bridgehead atoms. The van der Waals surface area contributed by atoms with Crippen LogP contribution in [0.15, 0.2) is 94.9 Å². The summed E-state index contributed by atoms with van der Waals surface area (Å²) in [4.78, 5) is 19.4. The minimum absolute atomic E-state index is 0.0972. The van der Waals surface area contributed by atoms with Crippen LogP contribution in [0.3, 0.4) is 0 Å². The van der Waals surface area contributed by atoms with Crippen molar-refractivity contribution in [3.05, 3.63) is 128 Å². The molecule has 4 aromatic rings. The van der Waals surface area contributed by atoms with Crippen LogP contribution in [-0.4, -0.2) is 29.9 Å². The number of fused-ring (bicyclic) bond motifs is 4. The average molecular weight is 587 g/mol. The monoisotopic (exact) mass is 586 g/mol. The second-order valence-electron chi connectivity index (χ2n) is 10.3. The van der Waals surface area contributed by atoms with E-state index in [9.17, 15) is 10.1 Å². The van der Waals surface area contributed by atoms with E-state index in [1.165, 1.54) is 11.6 Å². The number of nitro groups is 1. The number of ether oxygens (including phenoxy) is 4. The summed E-state index contributed by atoms with van der Waals surface area (Å²) in [6.07, 6.45) is 7.91. The second kappa shape index (κ2) is 11.4. The Labute approximate surface area is 252 Å². The van der Waals surface area contributed by atoms with Crippen LogP contribution in [0.25, 0.3) is 12.2 Å². The molecule has 0 aliphatic carbocycles. The molecule has 0 amide bonds. The van der Waals surface area contributed by atoms with Gasteiger partial charge in [-0.25, -0.2) is 0 Å². The number of allylic oxidation sites excluding steroid dienone is 2. The highest BCUT2D eigenvalue weighted by molar-refractivity contribution is 6.14. The lowest BCUT2D eigenvalue weighted by Gasteiger charge is -2.01. The lowest BCUT2D eigenvalue weighted by molar-refractivity contribution is -0.384. The first kappa shape index (κ1) is 27.0. The number of nitro benzene ring substituents is 1. The van der Waals surface area contributed by atoms with Crippen molar-refractivity contribution >= 4 is 35.0 Å². The third kappa shape index (κ3) is 5.48. The summed E-state index contributed by atoms with van der Waals surface area (Å²) in [5, 5.41) is 10.8. The van der Waals surface area contributed by atoms with Crippen LogP contribution in [0, 0.1) is 10.1 Å². The highest BCUT2D eigenvalue weighted by atomic mass is 16.7. The highest BCUT2D eigenvalue weighted by Gasteiger charge is 2.18. The Morgan fingerprint density at radius 1 is 0.636 bits per heavy atom. The van der Waals surface area contributed by atoms with Crippen LogP contribution in [0.2, 0.25) is 0 Å². The van der Waals surface area contributed by atoms with Crippen molar-refractivity contribution in [2.75, 3.05) is 19.3 Å². The number of hydrogen-bond donors (Lipinski definition) is 1. The Kier molecular flexibility index (Phi) is 6.99. The normalized spacial score (nSPS) is 15.1. The Morgan fingerprint density at radius 2 is 1.16 bits per heavy atom. The summed E-state index contributed by atoms with van der Waals surface area (Å²) in [7, 11) is 0. The van der Waals surface area contributed by atoms with Gasteiger partial charge in [0.25, 0.3) is 5.69 Å². The van der Waals surface area contributed by atoms with Gasteiger partial charge in [0.1, 0.15) is 0 Å². The van der Waals surface area contributed by atoms with Gasteiger partial charge < -0.3 is 24.7 Å². The topological polar surface area (TPSA) is 131 Å². The Hall–Kier alpha value is -5.90. The van der Waals surface area contributed by atoms with Crippen LogP contribution >= 0.6 is 0 Å². The van der Waals surface area contributed by atoms with E-state index in [0.717, 1.165) is 67.9 Å². The number of nitrogens with zero attached hydrogens (tertiary/aromatic N) is 3. The average Bonchev–Trinajstić information content (AvgIpc) is 3.84. The minimum Gasteiger partial charge on any atom is -0.454 e. The lowest BCUT2D eigenvalue weighted by atomic mass is 10.0. The van der Waals surface area contributed by atoms with Gasteiger partial charge in [-0.2, -0.15) is 0 Å². The summed E-state index contributed by atoms with van der Waals surface area (Å²) < 4.78 is 21.3. The summed E-state index contributed by atoms with van der Waals surface area (Å²) >= 11 is 0. The molecule has 4 heterocycles. The van der Waals surface area contributed by atoms with Crippen molar-refractivity contribution < 1.29 is 23.9 Å². The molecule has 0 fully saturated rings. The smallest absolute Gasteiger partial charge is 0.269 e. The molecule has 8 rings (SSSR count). The first-order valence-electron chi connectivity index (χ1n) is 13.9. The zero-order valence-electron chi connectivity index (χ0n) is 23.4. The molecule has 4 aromatic carbocycles. The molecule has 0 aromatic heterocycles. The van der Waals surface area contributed by atoms with Crippen LogP contribution < -0.4 is 24.7 Å². The fourth-order valence-corrected chi connectivity index (χ4v) is 5.25. The molecule has 4 aliphatic heterocycles. The number of rotatable bonds is 5. The quantitative estimate of drug-likeness (QED) is 0.164. The third-order valence-electron chi connectivity index (χ3n) is 7.48. The van der Waals surface area contributed by atoms with E-state index in [-0.39, 0.29) is 17.4 Å². The molecule has 0 saturated heterocycles. The van der Waals surface area contributed by atoms with Crippen LogP contribution in [0.5, 0.6) is 23.0 Å². The summed E-state index contributed by atoms with van der Waals surface area (Å²) in [5.41, 5.74) is 14.7. The van der Waals surface area contributed by atoms with E-state index in [4.69, 9.17) is 24.7 Å². The van der Waals surface area contributed by atoms with E-state index in [2.05, 4.69) is 9.98 Å². The predicted octanol–water partition coefficient (Wildman–Crippen LogP) is 6.35. The maximum atomic E-state index is 10.8. The number of nitrogen functional groups attached to an aromatic ring is 1. The van der Waals surface area contributed by atoms with Crippen molar-refractivity contribution in [2.24, 2.45) is 9.98 Å². The molecule has 4 aliphatic rings. The number of aliphatic imine (C=N–C) groups is 2. The molecular formula is C34H26N4O6. The molecule has 44 heavy (non-hydrogen) atoms. The van der Waals surface area contributed by atoms with Gasteiger partial charge >= 0.3 is 0 Å². The fraction of sp³-hybridized carbons (Fsp3) is 0.118.